The summed E-state index contributed by atoms with van der Waals surface area (Å²) in [7, 11) is -3.64. The van der Waals surface area contributed by atoms with Crippen molar-refractivity contribution in [2.45, 2.75) is 24.8 Å². The van der Waals surface area contributed by atoms with E-state index >= 15 is 0 Å². The average Bonchev–Trinajstić information content (AvgIpc) is 2.84. The minimum Gasteiger partial charge on any atom is -0.296 e. The predicted octanol–water partition coefficient (Wildman–Crippen LogP) is 2.10. The number of nitrogens with one attached hydrogen (secondary N) is 2. The molecule has 1 fully saturated rings. The van der Waals surface area contributed by atoms with Gasteiger partial charge in [0, 0.05) is 50.5 Å². The number of hydrogen-bond donors (Lipinski definition) is 2. The molecule has 0 aliphatic carbocycles. The first-order valence-corrected chi connectivity index (χ1v) is 13.5. The third kappa shape index (κ3) is 7.29. The van der Waals surface area contributed by atoms with Gasteiger partial charge < -0.3 is 0 Å². The van der Waals surface area contributed by atoms with Gasteiger partial charge in [-0.25, -0.2) is 8.42 Å². The number of thioether (sulfide) groups is 1. The molecule has 0 radical (unpaired) electrons. The summed E-state index contributed by atoms with van der Waals surface area (Å²) < 4.78 is 27.5. The second kappa shape index (κ2) is 12.2. The van der Waals surface area contributed by atoms with Gasteiger partial charge >= 0.3 is 0 Å². The molecular weight excluding hydrogens is 460 g/mol. The van der Waals surface area contributed by atoms with E-state index < -0.39 is 15.9 Å². The molecule has 2 aromatic rings. The molecule has 2 N–H and O–H groups in total. The van der Waals surface area contributed by atoms with Gasteiger partial charge in [0.15, 0.2) is 0 Å². The lowest BCUT2D eigenvalue weighted by Crippen LogP contribution is -2.48. The maximum atomic E-state index is 13.0. The van der Waals surface area contributed by atoms with Crippen LogP contribution in [0, 0.1) is 0 Å². The fourth-order valence-electron chi connectivity index (χ4n) is 3.47. The van der Waals surface area contributed by atoms with Crippen molar-refractivity contribution in [1.29, 1.82) is 0 Å². The zero-order chi connectivity index (χ0) is 23.7. The van der Waals surface area contributed by atoms with Gasteiger partial charge in [0.25, 0.3) is 5.91 Å². The zero-order valence-corrected chi connectivity index (χ0v) is 20.3. The Morgan fingerprint density at radius 1 is 0.939 bits per heavy atom. The summed E-state index contributed by atoms with van der Waals surface area (Å²) in [5.41, 5.74) is 6.21. The van der Waals surface area contributed by atoms with Crippen molar-refractivity contribution in [3.8, 4) is 0 Å². The number of benzene rings is 2. The van der Waals surface area contributed by atoms with Crippen LogP contribution in [0.15, 0.2) is 59.5 Å². The first-order chi connectivity index (χ1) is 15.9. The number of hydrogen-bond acceptors (Lipinski definition) is 6. The molecule has 10 heteroatoms. The summed E-state index contributed by atoms with van der Waals surface area (Å²) >= 11 is 1.65. The van der Waals surface area contributed by atoms with E-state index in [9.17, 15) is 18.0 Å². The molecule has 0 atom stereocenters. The lowest BCUT2D eigenvalue weighted by atomic mass is 10.2. The standard InChI is InChI=1S/C23H30N4O4S2/c1-2-32-17-12-22(28)24-25-23(29)20-8-10-21(11-9-20)33(30,31)27-15-13-26(14-16-27)18-19-6-4-3-5-7-19/h3-11H,2,12-18H2,1H3,(H,24,28)(H,25,29). The second-order valence-corrected chi connectivity index (χ2v) is 11.0. The van der Waals surface area contributed by atoms with Gasteiger partial charge in [-0.15, -0.1) is 0 Å². The van der Waals surface area contributed by atoms with E-state index in [4.69, 9.17) is 0 Å². The summed E-state index contributed by atoms with van der Waals surface area (Å²) in [4.78, 5) is 26.3. The smallest absolute Gasteiger partial charge is 0.269 e. The Morgan fingerprint density at radius 3 is 2.24 bits per heavy atom. The lowest BCUT2D eigenvalue weighted by Gasteiger charge is -2.34. The Balaban J connectivity index is 1.51. The molecule has 0 unspecified atom stereocenters. The first kappa shape index (κ1) is 25.2. The van der Waals surface area contributed by atoms with E-state index in [0.717, 1.165) is 12.3 Å². The van der Waals surface area contributed by atoms with Gasteiger partial charge in [0.1, 0.15) is 0 Å². The third-order valence-electron chi connectivity index (χ3n) is 5.33. The number of carbonyl (C=O) groups excluding carboxylic acids is 2. The molecule has 3 rings (SSSR count). The third-order valence-corrected chi connectivity index (χ3v) is 8.14. The van der Waals surface area contributed by atoms with Gasteiger partial charge in [-0.05, 0) is 35.6 Å². The summed E-state index contributed by atoms with van der Waals surface area (Å²) in [6.07, 6.45) is 0.314. The first-order valence-electron chi connectivity index (χ1n) is 10.9. The normalized spacial score (nSPS) is 15.2. The molecule has 1 aliphatic rings. The minimum atomic E-state index is -3.64. The van der Waals surface area contributed by atoms with Crippen LogP contribution in [0.4, 0.5) is 0 Å². The largest absolute Gasteiger partial charge is 0.296 e. The second-order valence-electron chi connectivity index (χ2n) is 7.64. The molecule has 1 heterocycles. The molecule has 0 saturated carbocycles. The zero-order valence-electron chi connectivity index (χ0n) is 18.7. The molecule has 0 spiro atoms. The molecule has 0 bridgehead atoms. The van der Waals surface area contributed by atoms with Gasteiger partial charge in [-0.1, -0.05) is 37.3 Å². The highest BCUT2D eigenvalue weighted by Crippen LogP contribution is 2.19. The van der Waals surface area contributed by atoms with Crippen molar-refractivity contribution in [2.24, 2.45) is 0 Å². The van der Waals surface area contributed by atoms with Gasteiger partial charge in [-0.2, -0.15) is 16.1 Å². The van der Waals surface area contributed by atoms with Crippen LogP contribution in [0.25, 0.3) is 0 Å². The summed E-state index contributed by atoms with van der Waals surface area (Å²) in [5, 5.41) is 0. The number of amides is 2. The lowest BCUT2D eigenvalue weighted by molar-refractivity contribution is -0.121. The Hall–Kier alpha value is -2.40. The fourth-order valence-corrected chi connectivity index (χ4v) is 5.51. The number of rotatable bonds is 9. The Kier molecular flexibility index (Phi) is 9.30. The highest BCUT2D eigenvalue weighted by Gasteiger charge is 2.28. The van der Waals surface area contributed by atoms with Crippen molar-refractivity contribution in [2.75, 3.05) is 37.7 Å². The molecule has 2 aromatic carbocycles. The topological polar surface area (TPSA) is 98.8 Å². The molecule has 33 heavy (non-hydrogen) atoms. The van der Waals surface area contributed by atoms with Crippen LogP contribution in [0.1, 0.15) is 29.3 Å². The van der Waals surface area contributed by atoms with Crippen LogP contribution < -0.4 is 10.9 Å². The average molecular weight is 491 g/mol. The van der Waals surface area contributed by atoms with Crippen LogP contribution in [-0.4, -0.2) is 67.1 Å². The number of sulfonamides is 1. The molecule has 178 valence electrons. The molecule has 8 nitrogen and oxygen atoms in total. The van der Waals surface area contributed by atoms with Gasteiger partial charge in [-0.3, -0.25) is 25.3 Å². The van der Waals surface area contributed by atoms with E-state index in [0.29, 0.717) is 38.4 Å². The van der Waals surface area contributed by atoms with E-state index in [2.05, 4.69) is 27.9 Å². The molecular formula is C23H30N4O4S2. The molecule has 1 saturated heterocycles. The summed E-state index contributed by atoms with van der Waals surface area (Å²) in [6, 6.07) is 15.9. The van der Waals surface area contributed by atoms with Crippen LogP contribution in [0.2, 0.25) is 0 Å². The van der Waals surface area contributed by atoms with Crippen molar-refractivity contribution in [3.05, 3.63) is 65.7 Å². The van der Waals surface area contributed by atoms with E-state index in [1.165, 1.54) is 34.1 Å². The maximum absolute atomic E-state index is 13.0. The SMILES string of the molecule is CCSCCC(=O)NNC(=O)c1ccc(S(=O)(=O)N2CCN(Cc3ccccc3)CC2)cc1. The van der Waals surface area contributed by atoms with Crippen LogP contribution >= 0.6 is 11.8 Å². The number of hydrazine groups is 1. The predicted molar refractivity (Wildman–Crippen MR) is 130 cm³/mol. The van der Waals surface area contributed by atoms with E-state index in [1.54, 1.807) is 11.8 Å². The monoisotopic (exact) mass is 490 g/mol. The van der Waals surface area contributed by atoms with Gasteiger partial charge in [0.2, 0.25) is 15.9 Å². The summed E-state index contributed by atoms with van der Waals surface area (Å²) in [5.74, 6) is 0.851. The maximum Gasteiger partial charge on any atom is 0.269 e. The number of carbonyl (C=O) groups is 2. The Labute approximate surface area is 199 Å². The molecule has 1 aliphatic heterocycles. The molecule has 0 aromatic heterocycles. The Morgan fingerprint density at radius 2 is 1.61 bits per heavy atom. The van der Waals surface area contributed by atoms with Gasteiger partial charge in [0.05, 0.1) is 4.90 Å². The van der Waals surface area contributed by atoms with E-state index in [1.807, 2.05) is 25.1 Å². The fraction of sp³-hybridized carbons (Fsp3) is 0.391. The number of nitrogens with zero attached hydrogens (tertiary/aromatic N) is 2. The minimum absolute atomic E-state index is 0.149. The van der Waals surface area contributed by atoms with Crippen molar-refractivity contribution in [3.63, 3.8) is 0 Å². The van der Waals surface area contributed by atoms with E-state index in [-0.39, 0.29) is 16.4 Å². The van der Waals surface area contributed by atoms with Crippen molar-refractivity contribution >= 4 is 33.6 Å². The summed E-state index contributed by atoms with van der Waals surface area (Å²) in [6.45, 7) is 4.96. The quantitative estimate of drug-likeness (QED) is 0.413. The van der Waals surface area contributed by atoms with Crippen LogP contribution in [-0.2, 0) is 21.4 Å². The Bertz CT molecular complexity index is 1020. The highest BCUT2D eigenvalue weighted by atomic mass is 32.2. The van der Waals surface area contributed by atoms with Crippen LogP contribution in [0.3, 0.4) is 0 Å². The number of piperazine rings is 1. The molecule has 2 amide bonds. The highest BCUT2D eigenvalue weighted by molar-refractivity contribution is 7.99. The van der Waals surface area contributed by atoms with Crippen molar-refractivity contribution in [1.82, 2.24) is 20.1 Å². The van der Waals surface area contributed by atoms with Crippen LogP contribution in [0.5, 0.6) is 0 Å². The van der Waals surface area contributed by atoms with Crippen molar-refractivity contribution < 1.29 is 18.0 Å².